The zero-order valence-corrected chi connectivity index (χ0v) is 7.11. The van der Waals surface area contributed by atoms with Gasteiger partial charge in [0.15, 0.2) is 0 Å². The van der Waals surface area contributed by atoms with Crippen molar-refractivity contribution in [1.29, 1.82) is 0 Å². The van der Waals surface area contributed by atoms with E-state index in [1.165, 1.54) is 5.56 Å². The van der Waals surface area contributed by atoms with Crippen LogP contribution in [0, 0.1) is 0 Å². The fourth-order valence-corrected chi connectivity index (χ4v) is 1.30. The summed E-state index contributed by atoms with van der Waals surface area (Å²) >= 11 is 0. The molecular weight excluding hydrogens is 150 g/mol. The second kappa shape index (κ2) is 4.91. The van der Waals surface area contributed by atoms with Gasteiger partial charge < -0.3 is 10.8 Å². The lowest BCUT2D eigenvalue weighted by molar-refractivity contribution is 0.276. The molecule has 0 amide bonds. The first kappa shape index (κ1) is 9.23. The zero-order valence-electron chi connectivity index (χ0n) is 7.11. The molecule has 1 aromatic carbocycles. The molecule has 1 rings (SSSR count). The second-order valence-corrected chi connectivity index (χ2v) is 2.86. The third-order valence-electron chi connectivity index (χ3n) is 2.03. The van der Waals surface area contributed by atoms with E-state index in [1.807, 2.05) is 30.3 Å². The predicted octanol–water partition coefficient (Wildman–Crippen LogP) is 1.11. The molecule has 1 aromatic rings. The quantitative estimate of drug-likeness (QED) is 0.702. The van der Waals surface area contributed by atoms with Crippen LogP contribution in [0.25, 0.3) is 0 Å². The summed E-state index contributed by atoms with van der Waals surface area (Å²) in [7, 11) is 0. The molecule has 0 aromatic heterocycles. The van der Waals surface area contributed by atoms with Crippen LogP contribution in [0.15, 0.2) is 30.3 Å². The van der Waals surface area contributed by atoms with Crippen molar-refractivity contribution in [3.8, 4) is 0 Å². The molecule has 2 heteroatoms. The molecular formula is C10H15NO. The number of nitrogens with two attached hydrogens (primary N) is 1. The molecule has 0 radical (unpaired) electrons. The molecule has 1 atom stereocenters. The zero-order chi connectivity index (χ0) is 8.81. The number of aliphatic hydroxyl groups excluding tert-OH is 1. The van der Waals surface area contributed by atoms with Crippen LogP contribution in [0.1, 0.15) is 17.9 Å². The molecule has 0 spiro atoms. The summed E-state index contributed by atoms with van der Waals surface area (Å²) in [6, 6.07) is 10.1. The van der Waals surface area contributed by atoms with Crippen molar-refractivity contribution in [1.82, 2.24) is 0 Å². The highest BCUT2D eigenvalue weighted by Gasteiger charge is 2.06. The molecule has 0 heterocycles. The number of aliphatic hydroxyl groups is 1. The van der Waals surface area contributed by atoms with Crippen LogP contribution in [-0.2, 0) is 0 Å². The largest absolute Gasteiger partial charge is 0.396 e. The van der Waals surface area contributed by atoms with E-state index in [-0.39, 0.29) is 6.61 Å². The van der Waals surface area contributed by atoms with Gasteiger partial charge in [0.05, 0.1) is 0 Å². The van der Waals surface area contributed by atoms with E-state index in [0.29, 0.717) is 12.5 Å². The summed E-state index contributed by atoms with van der Waals surface area (Å²) < 4.78 is 0. The van der Waals surface area contributed by atoms with Gasteiger partial charge in [0, 0.05) is 6.61 Å². The van der Waals surface area contributed by atoms with Crippen molar-refractivity contribution >= 4 is 0 Å². The SMILES string of the molecule is NC[C@@H](CCO)c1ccccc1. The first-order chi connectivity index (χ1) is 5.88. The van der Waals surface area contributed by atoms with E-state index in [9.17, 15) is 0 Å². The normalized spacial score (nSPS) is 12.8. The maximum Gasteiger partial charge on any atom is 0.0437 e. The summed E-state index contributed by atoms with van der Waals surface area (Å²) in [5, 5.41) is 8.77. The summed E-state index contributed by atoms with van der Waals surface area (Å²) in [5.74, 6) is 0.302. The van der Waals surface area contributed by atoms with Crippen molar-refractivity contribution in [3.63, 3.8) is 0 Å². The minimum absolute atomic E-state index is 0.205. The van der Waals surface area contributed by atoms with Gasteiger partial charge in [0.25, 0.3) is 0 Å². The fourth-order valence-electron chi connectivity index (χ4n) is 1.30. The third kappa shape index (κ3) is 2.32. The summed E-state index contributed by atoms with van der Waals surface area (Å²) in [4.78, 5) is 0. The van der Waals surface area contributed by atoms with Crippen LogP contribution in [0.2, 0.25) is 0 Å². The predicted molar refractivity (Wildman–Crippen MR) is 49.9 cm³/mol. The lowest BCUT2D eigenvalue weighted by Crippen LogP contribution is -2.13. The highest BCUT2D eigenvalue weighted by molar-refractivity contribution is 5.19. The number of rotatable bonds is 4. The van der Waals surface area contributed by atoms with E-state index in [1.54, 1.807) is 0 Å². The Labute approximate surface area is 73.0 Å². The monoisotopic (exact) mass is 165 g/mol. The Kier molecular flexibility index (Phi) is 3.77. The number of hydrogen-bond acceptors (Lipinski definition) is 2. The maximum absolute atomic E-state index is 8.77. The van der Waals surface area contributed by atoms with Gasteiger partial charge in [-0.15, -0.1) is 0 Å². The Bertz CT molecular complexity index is 210. The van der Waals surface area contributed by atoms with Crippen LogP contribution in [0.5, 0.6) is 0 Å². The van der Waals surface area contributed by atoms with Crippen molar-refractivity contribution in [2.24, 2.45) is 5.73 Å². The van der Waals surface area contributed by atoms with Gasteiger partial charge in [-0.25, -0.2) is 0 Å². The lowest BCUT2D eigenvalue weighted by Gasteiger charge is -2.12. The molecule has 2 nitrogen and oxygen atoms in total. The van der Waals surface area contributed by atoms with Gasteiger partial charge in [-0.1, -0.05) is 30.3 Å². The van der Waals surface area contributed by atoms with Crippen LogP contribution in [0.3, 0.4) is 0 Å². The minimum atomic E-state index is 0.205. The van der Waals surface area contributed by atoms with Gasteiger partial charge in [-0.05, 0) is 24.4 Å². The molecule has 0 saturated heterocycles. The molecule has 0 unspecified atom stereocenters. The topological polar surface area (TPSA) is 46.2 Å². The molecule has 3 N–H and O–H groups in total. The van der Waals surface area contributed by atoms with Crippen LogP contribution >= 0.6 is 0 Å². The van der Waals surface area contributed by atoms with Crippen LogP contribution in [-0.4, -0.2) is 18.3 Å². The third-order valence-corrected chi connectivity index (χ3v) is 2.03. The molecule has 66 valence electrons. The molecule has 0 aliphatic heterocycles. The Morgan fingerprint density at radius 3 is 2.42 bits per heavy atom. The average Bonchev–Trinajstić information content (AvgIpc) is 2.15. The van der Waals surface area contributed by atoms with E-state index in [0.717, 1.165) is 6.42 Å². The van der Waals surface area contributed by atoms with E-state index < -0.39 is 0 Å². The minimum Gasteiger partial charge on any atom is -0.396 e. The van der Waals surface area contributed by atoms with Gasteiger partial charge in [0.2, 0.25) is 0 Å². The standard InChI is InChI=1S/C10H15NO/c11-8-10(6-7-12)9-4-2-1-3-5-9/h1-5,10,12H,6-8,11H2/t10-/m1/s1. The maximum atomic E-state index is 8.77. The Hall–Kier alpha value is -0.860. The van der Waals surface area contributed by atoms with Crippen molar-refractivity contribution in [2.45, 2.75) is 12.3 Å². The van der Waals surface area contributed by atoms with Crippen molar-refractivity contribution in [2.75, 3.05) is 13.2 Å². The Morgan fingerprint density at radius 1 is 1.25 bits per heavy atom. The van der Waals surface area contributed by atoms with Gasteiger partial charge in [0.1, 0.15) is 0 Å². The fraction of sp³-hybridized carbons (Fsp3) is 0.400. The Morgan fingerprint density at radius 2 is 1.92 bits per heavy atom. The average molecular weight is 165 g/mol. The lowest BCUT2D eigenvalue weighted by atomic mass is 9.96. The van der Waals surface area contributed by atoms with Gasteiger partial charge >= 0.3 is 0 Å². The van der Waals surface area contributed by atoms with E-state index in [4.69, 9.17) is 10.8 Å². The molecule has 0 bridgehead atoms. The molecule has 0 saturated carbocycles. The molecule has 12 heavy (non-hydrogen) atoms. The summed E-state index contributed by atoms with van der Waals surface area (Å²) in [6.07, 6.45) is 0.751. The first-order valence-corrected chi connectivity index (χ1v) is 4.24. The Balaban J connectivity index is 2.66. The van der Waals surface area contributed by atoms with Gasteiger partial charge in [-0.2, -0.15) is 0 Å². The van der Waals surface area contributed by atoms with Crippen molar-refractivity contribution in [3.05, 3.63) is 35.9 Å². The van der Waals surface area contributed by atoms with Crippen LogP contribution < -0.4 is 5.73 Å². The summed E-state index contributed by atoms with van der Waals surface area (Å²) in [6.45, 7) is 0.807. The van der Waals surface area contributed by atoms with Gasteiger partial charge in [-0.3, -0.25) is 0 Å². The molecule has 0 fully saturated rings. The number of hydrogen-bond donors (Lipinski definition) is 2. The second-order valence-electron chi connectivity index (χ2n) is 2.86. The molecule has 0 aliphatic rings. The smallest absolute Gasteiger partial charge is 0.0437 e. The van der Waals surface area contributed by atoms with Crippen LogP contribution in [0.4, 0.5) is 0 Å². The van der Waals surface area contributed by atoms with E-state index in [2.05, 4.69) is 0 Å². The van der Waals surface area contributed by atoms with Crippen molar-refractivity contribution < 1.29 is 5.11 Å². The molecule has 0 aliphatic carbocycles. The highest BCUT2D eigenvalue weighted by Crippen LogP contribution is 2.16. The first-order valence-electron chi connectivity index (χ1n) is 4.24. The number of benzene rings is 1. The summed E-state index contributed by atoms with van der Waals surface area (Å²) in [5.41, 5.74) is 6.80. The highest BCUT2D eigenvalue weighted by atomic mass is 16.3. The van der Waals surface area contributed by atoms with E-state index >= 15 is 0 Å².